The molecule has 0 saturated carbocycles. The van der Waals surface area contributed by atoms with Crippen molar-refractivity contribution >= 4 is 51.3 Å². The van der Waals surface area contributed by atoms with Gasteiger partial charge in [0.05, 0.1) is 23.0 Å². The number of nitrogens with two attached hydrogens (primary N) is 1. The second kappa shape index (κ2) is 10.3. The fourth-order valence-corrected chi connectivity index (χ4v) is 2.84. The maximum atomic E-state index is 10.9. The summed E-state index contributed by atoms with van der Waals surface area (Å²) < 4.78 is 21.7. The molecule has 0 amide bonds. The van der Waals surface area contributed by atoms with Crippen LogP contribution in [0.2, 0.25) is 0 Å². The molecule has 0 aromatic carbocycles. The predicted molar refractivity (Wildman–Crippen MR) is 103 cm³/mol. The number of aromatic nitrogens is 1. The van der Waals surface area contributed by atoms with Gasteiger partial charge in [-0.15, -0.1) is 35.3 Å². The van der Waals surface area contributed by atoms with Crippen LogP contribution in [0.25, 0.3) is 0 Å². The number of guanidine groups is 1. The first-order valence-corrected chi connectivity index (χ1v) is 9.30. The van der Waals surface area contributed by atoms with Crippen molar-refractivity contribution in [1.29, 1.82) is 0 Å². The average molecular weight is 461 g/mol. The van der Waals surface area contributed by atoms with Crippen molar-refractivity contribution in [3.63, 3.8) is 0 Å². The van der Waals surface area contributed by atoms with Crippen LogP contribution in [0, 0.1) is 13.8 Å². The van der Waals surface area contributed by atoms with Gasteiger partial charge in [0.15, 0.2) is 5.96 Å². The molecule has 0 saturated heterocycles. The highest BCUT2D eigenvalue weighted by molar-refractivity contribution is 14.0. The maximum Gasteiger partial charge on any atom is 0.210 e. The fourth-order valence-electron chi connectivity index (χ4n) is 1.56. The number of thiazole rings is 1. The molecule has 4 N–H and O–H groups in total. The van der Waals surface area contributed by atoms with Crippen molar-refractivity contribution in [1.82, 2.24) is 15.6 Å². The molecule has 0 unspecified atom stereocenters. The van der Waals surface area contributed by atoms with Crippen molar-refractivity contribution in [2.45, 2.75) is 27.2 Å². The molecule has 128 valence electrons. The quantitative estimate of drug-likeness (QED) is 0.316. The Morgan fingerprint density at radius 2 is 2.05 bits per heavy atom. The number of primary sulfonamides is 1. The second-order valence-electron chi connectivity index (χ2n) is 4.55. The van der Waals surface area contributed by atoms with Crippen LogP contribution < -0.4 is 15.8 Å². The molecular formula is C12H24IN5O2S2. The lowest BCUT2D eigenvalue weighted by atomic mass is 10.4. The Bertz CT molecular complexity index is 567. The summed E-state index contributed by atoms with van der Waals surface area (Å²) >= 11 is 1.69. The van der Waals surface area contributed by atoms with E-state index >= 15 is 0 Å². The van der Waals surface area contributed by atoms with Gasteiger partial charge in [0.1, 0.15) is 0 Å². The summed E-state index contributed by atoms with van der Waals surface area (Å²) in [6.45, 7) is 7.54. The van der Waals surface area contributed by atoms with E-state index in [9.17, 15) is 8.42 Å². The topological polar surface area (TPSA) is 109 Å². The SMILES string of the molecule is CCNC(=NCCS(N)(=O)=O)NCCc1nc(C)c(C)s1.I. The van der Waals surface area contributed by atoms with Gasteiger partial charge in [-0.1, -0.05) is 0 Å². The van der Waals surface area contributed by atoms with Crippen LogP contribution in [0.5, 0.6) is 0 Å². The average Bonchev–Trinajstić information content (AvgIpc) is 2.67. The first kappa shape index (κ1) is 21.5. The minimum atomic E-state index is -3.47. The van der Waals surface area contributed by atoms with Crippen molar-refractivity contribution in [2.24, 2.45) is 10.1 Å². The van der Waals surface area contributed by atoms with Crippen molar-refractivity contribution in [2.75, 3.05) is 25.4 Å². The number of aryl methyl sites for hydroxylation is 2. The van der Waals surface area contributed by atoms with Gasteiger partial charge in [-0.3, -0.25) is 4.99 Å². The molecule has 0 aliphatic carbocycles. The van der Waals surface area contributed by atoms with Crippen LogP contribution in [0.1, 0.15) is 22.5 Å². The smallest absolute Gasteiger partial charge is 0.210 e. The molecule has 0 spiro atoms. The maximum absolute atomic E-state index is 10.9. The summed E-state index contributed by atoms with van der Waals surface area (Å²) in [6.07, 6.45) is 0.805. The van der Waals surface area contributed by atoms with Gasteiger partial charge in [0.25, 0.3) is 0 Å². The molecular weight excluding hydrogens is 437 g/mol. The zero-order valence-corrected chi connectivity index (χ0v) is 17.0. The van der Waals surface area contributed by atoms with Gasteiger partial charge in [0, 0.05) is 24.4 Å². The zero-order valence-electron chi connectivity index (χ0n) is 13.0. The number of hydrogen-bond donors (Lipinski definition) is 3. The highest BCUT2D eigenvalue weighted by Crippen LogP contribution is 2.16. The molecule has 0 radical (unpaired) electrons. The van der Waals surface area contributed by atoms with Crippen LogP contribution in [0.15, 0.2) is 4.99 Å². The first-order chi connectivity index (χ1) is 9.81. The zero-order chi connectivity index (χ0) is 15.9. The highest BCUT2D eigenvalue weighted by Gasteiger charge is 2.05. The van der Waals surface area contributed by atoms with Gasteiger partial charge in [-0.25, -0.2) is 18.5 Å². The number of sulfonamides is 1. The lowest BCUT2D eigenvalue weighted by Crippen LogP contribution is -2.38. The largest absolute Gasteiger partial charge is 0.357 e. The summed E-state index contributed by atoms with van der Waals surface area (Å²) in [7, 11) is -3.47. The Hall–Kier alpha value is -0.460. The number of hydrogen-bond acceptors (Lipinski definition) is 5. The number of nitrogens with one attached hydrogen (secondary N) is 2. The van der Waals surface area contributed by atoms with Crippen LogP contribution in [-0.4, -0.2) is 44.7 Å². The molecule has 0 fully saturated rings. The summed E-state index contributed by atoms with van der Waals surface area (Å²) in [4.78, 5) is 9.88. The molecule has 0 aliphatic heterocycles. The van der Waals surface area contributed by atoms with Gasteiger partial charge in [0.2, 0.25) is 10.0 Å². The lowest BCUT2D eigenvalue weighted by molar-refractivity contribution is 0.597. The minimum absolute atomic E-state index is 0. The summed E-state index contributed by atoms with van der Waals surface area (Å²) in [5.41, 5.74) is 1.07. The number of nitrogens with zero attached hydrogens (tertiary/aromatic N) is 2. The van der Waals surface area contributed by atoms with E-state index in [0.717, 1.165) is 17.1 Å². The van der Waals surface area contributed by atoms with Crippen molar-refractivity contribution < 1.29 is 8.42 Å². The Morgan fingerprint density at radius 3 is 2.55 bits per heavy atom. The van der Waals surface area contributed by atoms with Crippen molar-refractivity contribution in [3.05, 3.63) is 15.6 Å². The third-order valence-corrected chi connectivity index (χ3v) is 4.58. The normalized spacial score (nSPS) is 11.9. The Labute approximate surface area is 153 Å². The van der Waals surface area contributed by atoms with E-state index in [2.05, 4.69) is 27.5 Å². The molecule has 7 nitrogen and oxygen atoms in total. The van der Waals surface area contributed by atoms with Gasteiger partial charge in [-0.2, -0.15) is 0 Å². The van der Waals surface area contributed by atoms with Gasteiger partial charge >= 0.3 is 0 Å². The van der Waals surface area contributed by atoms with Crippen molar-refractivity contribution in [3.8, 4) is 0 Å². The fraction of sp³-hybridized carbons (Fsp3) is 0.667. The number of aliphatic imine (C=N–C) groups is 1. The van der Waals surface area contributed by atoms with E-state index in [1.165, 1.54) is 4.88 Å². The molecule has 22 heavy (non-hydrogen) atoms. The highest BCUT2D eigenvalue weighted by atomic mass is 127. The van der Waals surface area contributed by atoms with E-state index in [1.807, 2.05) is 13.8 Å². The van der Waals surface area contributed by atoms with E-state index in [4.69, 9.17) is 5.14 Å². The molecule has 1 aromatic heterocycles. The molecule has 1 aromatic rings. The van der Waals surface area contributed by atoms with Crippen LogP contribution in [0.3, 0.4) is 0 Å². The van der Waals surface area contributed by atoms with E-state index in [0.29, 0.717) is 19.0 Å². The lowest BCUT2D eigenvalue weighted by Gasteiger charge is -2.10. The first-order valence-electron chi connectivity index (χ1n) is 6.77. The minimum Gasteiger partial charge on any atom is -0.357 e. The third kappa shape index (κ3) is 8.86. The Balaban J connectivity index is 0.00000441. The molecule has 1 rings (SSSR count). The van der Waals surface area contributed by atoms with E-state index in [-0.39, 0.29) is 36.3 Å². The number of halogens is 1. The number of rotatable bonds is 7. The van der Waals surface area contributed by atoms with Crippen LogP contribution >= 0.6 is 35.3 Å². The summed E-state index contributed by atoms with van der Waals surface area (Å²) in [6, 6.07) is 0. The van der Waals surface area contributed by atoms with Crippen LogP contribution in [0.4, 0.5) is 0 Å². The van der Waals surface area contributed by atoms with Crippen LogP contribution in [-0.2, 0) is 16.4 Å². The standard InChI is InChI=1S/C12H23N5O2S2.HI/c1-4-14-12(16-7-8-21(13,18)19)15-6-5-11-17-9(2)10(3)20-11;/h4-8H2,1-3H3,(H2,13,18,19)(H2,14,15,16);1H. The third-order valence-electron chi connectivity index (χ3n) is 2.69. The van der Waals surface area contributed by atoms with Gasteiger partial charge < -0.3 is 10.6 Å². The molecule has 10 heteroatoms. The Kier molecular flexibility index (Phi) is 10.1. The molecule has 0 atom stereocenters. The molecule has 1 heterocycles. The molecule has 0 bridgehead atoms. The Morgan fingerprint density at radius 1 is 1.36 bits per heavy atom. The van der Waals surface area contributed by atoms with Gasteiger partial charge in [-0.05, 0) is 20.8 Å². The predicted octanol–water partition coefficient (Wildman–Crippen LogP) is 0.764. The van der Waals surface area contributed by atoms with E-state index < -0.39 is 10.0 Å². The summed E-state index contributed by atoms with van der Waals surface area (Å²) in [5.74, 6) is 0.431. The van der Waals surface area contributed by atoms with E-state index in [1.54, 1.807) is 11.3 Å². The second-order valence-corrected chi connectivity index (χ2v) is 7.58. The molecule has 0 aliphatic rings. The monoisotopic (exact) mass is 461 g/mol. The summed E-state index contributed by atoms with van der Waals surface area (Å²) in [5, 5.41) is 12.2.